The van der Waals surface area contributed by atoms with E-state index in [1.54, 1.807) is 0 Å². The van der Waals surface area contributed by atoms with Crippen LogP contribution in [0.25, 0.3) is 0 Å². The Morgan fingerprint density at radius 3 is 2.37 bits per heavy atom. The molecule has 0 amide bonds. The van der Waals surface area contributed by atoms with Crippen molar-refractivity contribution in [2.75, 3.05) is 6.54 Å². The molecule has 0 aliphatic rings. The second-order valence-corrected chi connectivity index (χ2v) is 4.83. The van der Waals surface area contributed by atoms with Crippen molar-refractivity contribution in [3.8, 4) is 0 Å². The Morgan fingerprint density at radius 2 is 1.79 bits per heavy atom. The van der Waals surface area contributed by atoms with E-state index in [9.17, 15) is 13.2 Å². The van der Waals surface area contributed by atoms with E-state index in [0.717, 1.165) is 25.8 Å². The number of benzene rings is 1. The second kappa shape index (κ2) is 8.20. The van der Waals surface area contributed by atoms with Gasteiger partial charge >= 0.3 is 6.18 Å². The molecule has 0 radical (unpaired) electrons. The first-order chi connectivity index (χ1) is 9.01. The molecule has 0 bridgehead atoms. The number of alkyl halides is 3. The number of hydrogen-bond donors (Lipinski definition) is 1. The summed E-state index contributed by atoms with van der Waals surface area (Å²) in [6, 6.07) is 9.84. The molecule has 0 heterocycles. The van der Waals surface area contributed by atoms with E-state index in [0.29, 0.717) is 0 Å². The lowest BCUT2D eigenvalue weighted by atomic mass is 10.0. The summed E-state index contributed by atoms with van der Waals surface area (Å²) in [7, 11) is 0. The monoisotopic (exact) mass is 273 g/mol. The van der Waals surface area contributed by atoms with Crippen LogP contribution in [0.3, 0.4) is 0 Å². The van der Waals surface area contributed by atoms with Crippen LogP contribution in [0.4, 0.5) is 13.2 Å². The third kappa shape index (κ3) is 7.88. The largest absolute Gasteiger partial charge is 0.389 e. The van der Waals surface area contributed by atoms with Gasteiger partial charge in [-0.25, -0.2) is 0 Å². The number of rotatable bonds is 8. The lowest BCUT2D eigenvalue weighted by Gasteiger charge is -2.19. The van der Waals surface area contributed by atoms with Gasteiger partial charge in [0.2, 0.25) is 0 Å². The molecule has 0 spiro atoms. The van der Waals surface area contributed by atoms with Crippen LogP contribution in [0.5, 0.6) is 0 Å². The second-order valence-electron chi connectivity index (χ2n) is 4.83. The molecular weight excluding hydrogens is 251 g/mol. The molecule has 0 saturated heterocycles. The topological polar surface area (TPSA) is 12.0 Å². The van der Waals surface area contributed by atoms with E-state index in [2.05, 4.69) is 5.32 Å². The predicted molar refractivity (Wildman–Crippen MR) is 72.1 cm³/mol. The van der Waals surface area contributed by atoms with Crippen molar-refractivity contribution in [2.45, 2.75) is 51.2 Å². The molecule has 1 N–H and O–H groups in total. The van der Waals surface area contributed by atoms with Gasteiger partial charge in [0.15, 0.2) is 0 Å². The maximum Gasteiger partial charge on any atom is 0.389 e. The van der Waals surface area contributed by atoms with E-state index in [4.69, 9.17) is 0 Å². The normalized spacial score (nSPS) is 13.5. The van der Waals surface area contributed by atoms with Crippen LogP contribution in [0.15, 0.2) is 30.3 Å². The maximum atomic E-state index is 12.3. The van der Waals surface area contributed by atoms with Crippen molar-refractivity contribution in [3.63, 3.8) is 0 Å². The van der Waals surface area contributed by atoms with Crippen molar-refractivity contribution in [1.29, 1.82) is 0 Å². The van der Waals surface area contributed by atoms with Crippen LogP contribution in [-0.2, 0) is 6.42 Å². The number of aryl methyl sites for hydroxylation is 1. The molecule has 0 saturated carbocycles. The number of nitrogens with one attached hydrogen (secondary N) is 1. The van der Waals surface area contributed by atoms with E-state index in [1.165, 1.54) is 5.56 Å². The van der Waals surface area contributed by atoms with Crippen molar-refractivity contribution < 1.29 is 13.2 Å². The van der Waals surface area contributed by atoms with Crippen molar-refractivity contribution in [1.82, 2.24) is 5.32 Å². The van der Waals surface area contributed by atoms with Crippen LogP contribution in [0.2, 0.25) is 0 Å². The molecule has 108 valence electrons. The first kappa shape index (κ1) is 16.0. The summed E-state index contributed by atoms with van der Waals surface area (Å²) in [4.78, 5) is 0. The fraction of sp³-hybridized carbons (Fsp3) is 0.600. The quantitative estimate of drug-likeness (QED) is 0.743. The van der Waals surface area contributed by atoms with Gasteiger partial charge in [0.25, 0.3) is 0 Å². The van der Waals surface area contributed by atoms with Crippen LogP contribution < -0.4 is 5.32 Å². The average molecular weight is 273 g/mol. The lowest BCUT2D eigenvalue weighted by molar-refractivity contribution is -0.136. The Hall–Kier alpha value is -1.03. The Balaban J connectivity index is 2.40. The third-order valence-corrected chi connectivity index (χ3v) is 3.08. The minimum Gasteiger partial charge on any atom is -0.314 e. The van der Waals surface area contributed by atoms with Crippen LogP contribution in [-0.4, -0.2) is 18.8 Å². The molecular formula is C15H22F3N. The van der Waals surface area contributed by atoms with Gasteiger partial charge in [0, 0.05) is 12.5 Å². The molecule has 1 atom stereocenters. The summed E-state index contributed by atoms with van der Waals surface area (Å²) in [5, 5.41) is 3.21. The Morgan fingerprint density at radius 1 is 1.11 bits per heavy atom. The van der Waals surface area contributed by atoms with Gasteiger partial charge in [0.1, 0.15) is 0 Å². The summed E-state index contributed by atoms with van der Waals surface area (Å²) in [6.45, 7) is 2.79. The fourth-order valence-electron chi connectivity index (χ4n) is 2.02. The first-order valence-corrected chi connectivity index (χ1v) is 6.85. The maximum absolute atomic E-state index is 12.3. The highest BCUT2D eigenvalue weighted by molar-refractivity contribution is 5.14. The van der Waals surface area contributed by atoms with Crippen molar-refractivity contribution in [2.24, 2.45) is 0 Å². The van der Waals surface area contributed by atoms with E-state index < -0.39 is 12.6 Å². The molecule has 19 heavy (non-hydrogen) atoms. The van der Waals surface area contributed by atoms with Crippen LogP contribution in [0.1, 0.15) is 38.2 Å². The summed E-state index contributed by atoms with van der Waals surface area (Å²) in [5.41, 5.74) is 1.18. The van der Waals surface area contributed by atoms with Crippen molar-refractivity contribution in [3.05, 3.63) is 35.9 Å². The molecule has 1 unspecified atom stereocenters. The molecule has 0 aliphatic heterocycles. The Kier molecular flexibility index (Phi) is 6.92. The average Bonchev–Trinajstić information content (AvgIpc) is 2.38. The molecule has 0 fully saturated rings. The van der Waals surface area contributed by atoms with Crippen LogP contribution in [0, 0.1) is 0 Å². The van der Waals surface area contributed by atoms with Gasteiger partial charge in [-0.1, -0.05) is 37.3 Å². The minimum absolute atomic E-state index is 0.0539. The number of hydrogen-bond acceptors (Lipinski definition) is 1. The van der Waals surface area contributed by atoms with Crippen molar-refractivity contribution >= 4 is 0 Å². The molecule has 4 heteroatoms. The third-order valence-electron chi connectivity index (χ3n) is 3.08. The van der Waals surface area contributed by atoms with Crippen LogP contribution >= 0.6 is 0 Å². The van der Waals surface area contributed by atoms with Gasteiger partial charge in [0.05, 0.1) is 0 Å². The van der Waals surface area contributed by atoms with Gasteiger partial charge in [-0.3, -0.25) is 0 Å². The van der Waals surface area contributed by atoms with E-state index in [-0.39, 0.29) is 12.5 Å². The summed E-state index contributed by atoms with van der Waals surface area (Å²) in [6.07, 6.45) is -2.09. The summed E-state index contributed by atoms with van der Waals surface area (Å²) in [5.74, 6) is 0. The molecule has 1 aromatic carbocycles. The molecule has 0 aliphatic carbocycles. The SMILES string of the molecule is CCCNC(CCc1ccccc1)CCC(F)(F)F. The Labute approximate surface area is 113 Å². The van der Waals surface area contributed by atoms with E-state index >= 15 is 0 Å². The highest BCUT2D eigenvalue weighted by Gasteiger charge is 2.28. The smallest absolute Gasteiger partial charge is 0.314 e. The highest BCUT2D eigenvalue weighted by atomic mass is 19.4. The summed E-state index contributed by atoms with van der Waals surface area (Å²) < 4.78 is 36.8. The van der Waals surface area contributed by atoms with Gasteiger partial charge in [-0.2, -0.15) is 13.2 Å². The summed E-state index contributed by atoms with van der Waals surface area (Å²) >= 11 is 0. The minimum atomic E-state index is -4.06. The number of halogens is 3. The fourth-order valence-corrected chi connectivity index (χ4v) is 2.02. The van der Waals surface area contributed by atoms with Gasteiger partial charge < -0.3 is 5.32 Å². The zero-order valence-corrected chi connectivity index (χ0v) is 11.3. The lowest BCUT2D eigenvalue weighted by Crippen LogP contribution is -2.31. The standard InChI is InChI=1S/C15H22F3N/c1-2-12-19-14(10-11-15(16,17)18)9-8-13-6-4-3-5-7-13/h3-7,14,19H,2,8-12H2,1H3. The molecule has 0 aromatic heterocycles. The van der Waals surface area contributed by atoms with E-state index in [1.807, 2.05) is 37.3 Å². The first-order valence-electron chi connectivity index (χ1n) is 6.85. The Bertz CT molecular complexity index is 335. The zero-order valence-electron chi connectivity index (χ0n) is 11.3. The highest BCUT2D eigenvalue weighted by Crippen LogP contribution is 2.23. The predicted octanol–water partition coefficient (Wildman–Crippen LogP) is 4.33. The molecule has 1 nitrogen and oxygen atoms in total. The molecule has 1 rings (SSSR count). The van der Waals surface area contributed by atoms with Gasteiger partial charge in [-0.05, 0) is 37.8 Å². The van der Waals surface area contributed by atoms with Gasteiger partial charge in [-0.15, -0.1) is 0 Å². The molecule has 1 aromatic rings. The zero-order chi connectivity index (χ0) is 14.1.